The van der Waals surface area contributed by atoms with E-state index in [4.69, 9.17) is 18.6 Å². The Morgan fingerprint density at radius 3 is 2.49 bits per heavy atom. The SMILES string of the molecule is COc1cc(C(CC(=O)N2CCN(C)CC2)c2c(O)cc(O)c3c(=O)cc(-c4ccccc4)oc23)cc2c1OCO2. The predicted molar refractivity (Wildman–Crippen MR) is 151 cm³/mol. The maximum absolute atomic E-state index is 13.7. The second kappa shape index (κ2) is 10.7. The second-order valence-electron chi connectivity index (χ2n) is 10.3. The topological polar surface area (TPSA) is 122 Å². The summed E-state index contributed by atoms with van der Waals surface area (Å²) in [7, 11) is 3.51. The van der Waals surface area contributed by atoms with Crippen molar-refractivity contribution in [3.05, 3.63) is 75.9 Å². The second-order valence-corrected chi connectivity index (χ2v) is 10.3. The monoisotopic (exact) mass is 558 g/mol. The molecule has 10 nitrogen and oxygen atoms in total. The Hall–Kier alpha value is -4.70. The molecule has 2 aliphatic heterocycles. The van der Waals surface area contributed by atoms with Gasteiger partial charge >= 0.3 is 0 Å². The van der Waals surface area contributed by atoms with E-state index in [1.54, 1.807) is 29.2 Å². The average Bonchev–Trinajstić information content (AvgIpc) is 3.45. The summed E-state index contributed by atoms with van der Waals surface area (Å²) in [5.41, 5.74) is 0.965. The van der Waals surface area contributed by atoms with E-state index in [1.165, 1.54) is 13.2 Å². The molecule has 3 heterocycles. The number of piperazine rings is 1. The zero-order chi connectivity index (χ0) is 28.7. The maximum Gasteiger partial charge on any atom is 0.231 e. The van der Waals surface area contributed by atoms with Crippen molar-refractivity contribution in [1.82, 2.24) is 9.80 Å². The maximum atomic E-state index is 13.7. The van der Waals surface area contributed by atoms with E-state index in [0.29, 0.717) is 41.5 Å². The first kappa shape index (κ1) is 26.5. The van der Waals surface area contributed by atoms with Crippen LogP contribution in [0.4, 0.5) is 0 Å². The van der Waals surface area contributed by atoms with Gasteiger partial charge < -0.3 is 38.6 Å². The number of rotatable bonds is 6. The minimum atomic E-state index is -0.789. The third-order valence-corrected chi connectivity index (χ3v) is 7.72. The van der Waals surface area contributed by atoms with Gasteiger partial charge in [0.1, 0.15) is 28.2 Å². The summed E-state index contributed by atoms with van der Waals surface area (Å²) < 4.78 is 23.1. The number of carbonyl (C=O) groups excluding carboxylic acids is 1. The number of likely N-dealkylation sites (N-methyl/N-ethyl adjacent to an activating group) is 1. The Kier molecular flexibility index (Phi) is 6.92. The van der Waals surface area contributed by atoms with Crippen molar-refractivity contribution >= 4 is 16.9 Å². The number of hydrogen-bond donors (Lipinski definition) is 2. The van der Waals surface area contributed by atoms with E-state index < -0.39 is 17.1 Å². The molecule has 4 aromatic rings. The van der Waals surface area contributed by atoms with Crippen molar-refractivity contribution in [2.45, 2.75) is 12.3 Å². The molecule has 2 N–H and O–H groups in total. The third kappa shape index (κ3) is 4.91. The Morgan fingerprint density at radius 1 is 1.00 bits per heavy atom. The highest BCUT2D eigenvalue weighted by Gasteiger charge is 2.32. The molecule has 2 aliphatic rings. The molecule has 0 spiro atoms. The normalized spacial score (nSPS) is 15.7. The first-order valence-electron chi connectivity index (χ1n) is 13.4. The lowest BCUT2D eigenvalue weighted by atomic mass is 9.85. The van der Waals surface area contributed by atoms with E-state index in [1.807, 2.05) is 25.2 Å². The molecule has 212 valence electrons. The summed E-state index contributed by atoms with van der Waals surface area (Å²) in [5.74, 6) is -0.0887. The number of phenols is 2. The number of nitrogens with zero attached hydrogens (tertiary/aromatic N) is 2. The highest BCUT2D eigenvalue weighted by Crippen LogP contribution is 2.48. The van der Waals surface area contributed by atoms with E-state index in [0.717, 1.165) is 19.2 Å². The quantitative estimate of drug-likeness (QED) is 0.363. The van der Waals surface area contributed by atoms with Crippen LogP contribution >= 0.6 is 0 Å². The average molecular weight is 559 g/mol. The molecule has 0 bridgehead atoms. The van der Waals surface area contributed by atoms with Gasteiger partial charge in [0.2, 0.25) is 18.4 Å². The van der Waals surface area contributed by atoms with Gasteiger partial charge in [-0.2, -0.15) is 0 Å². The number of benzene rings is 3. The van der Waals surface area contributed by atoms with Gasteiger partial charge in [-0.25, -0.2) is 0 Å². The molecule has 1 fully saturated rings. The van der Waals surface area contributed by atoms with Crippen molar-refractivity contribution < 1.29 is 33.6 Å². The summed E-state index contributed by atoms with van der Waals surface area (Å²) in [5, 5.41) is 22.0. The zero-order valence-corrected chi connectivity index (χ0v) is 22.8. The summed E-state index contributed by atoms with van der Waals surface area (Å²) in [6.07, 6.45) is -0.0424. The van der Waals surface area contributed by atoms with Crippen LogP contribution in [0.3, 0.4) is 0 Å². The molecule has 41 heavy (non-hydrogen) atoms. The van der Waals surface area contributed by atoms with Crippen LogP contribution in [0.2, 0.25) is 0 Å². The van der Waals surface area contributed by atoms with E-state index in [-0.39, 0.29) is 47.2 Å². The number of ether oxygens (including phenoxy) is 3. The van der Waals surface area contributed by atoms with Gasteiger partial charge in [-0.15, -0.1) is 0 Å². The van der Waals surface area contributed by atoms with Crippen LogP contribution < -0.4 is 19.6 Å². The van der Waals surface area contributed by atoms with Gasteiger partial charge in [0.25, 0.3) is 0 Å². The van der Waals surface area contributed by atoms with Gasteiger partial charge in [0.05, 0.1) is 7.11 Å². The summed E-state index contributed by atoms with van der Waals surface area (Å²) in [6.45, 7) is 2.65. The van der Waals surface area contributed by atoms with Crippen LogP contribution in [0.15, 0.2) is 63.8 Å². The smallest absolute Gasteiger partial charge is 0.231 e. The van der Waals surface area contributed by atoms with Crippen LogP contribution in [0, 0.1) is 0 Å². The van der Waals surface area contributed by atoms with E-state index >= 15 is 0 Å². The highest BCUT2D eigenvalue weighted by molar-refractivity contribution is 5.91. The van der Waals surface area contributed by atoms with Crippen LogP contribution in [0.5, 0.6) is 28.7 Å². The first-order chi connectivity index (χ1) is 19.8. The van der Waals surface area contributed by atoms with Gasteiger partial charge in [0.15, 0.2) is 16.9 Å². The molecular weight excluding hydrogens is 528 g/mol. The minimum Gasteiger partial charge on any atom is -0.507 e. The highest BCUT2D eigenvalue weighted by atomic mass is 16.7. The number of fused-ring (bicyclic) bond motifs is 2. The van der Waals surface area contributed by atoms with Crippen molar-refractivity contribution in [2.24, 2.45) is 0 Å². The van der Waals surface area contributed by atoms with Crippen molar-refractivity contribution in [3.63, 3.8) is 0 Å². The Bertz CT molecular complexity index is 1680. The van der Waals surface area contributed by atoms with Gasteiger partial charge in [0, 0.05) is 61.8 Å². The van der Waals surface area contributed by atoms with Crippen LogP contribution in [0.1, 0.15) is 23.5 Å². The summed E-state index contributed by atoms with van der Waals surface area (Å²) in [6, 6.07) is 15.0. The number of phenolic OH excluding ortho intramolecular Hbond substituents is 2. The van der Waals surface area contributed by atoms with Crippen LogP contribution in [0.25, 0.3) is 22.3 Å². The molecular formula is C31H30N2O8. The lowest BCUT2D eigenvalue weighted by Gasteiger charge is -2.33. The fraction of sp³-hybridized carbons (Fsp3) is 0.290. The largest absolute Gasteiger partial charge is 0.507 e. The Labute approximate surface area is 235 Å². The fourth-order valence-electron chi connectivity index (χ4n) is 5.50. The molecule has 0 radical (unpaired) electrons. The third-order valence-electron chi connectivity index (χ3n) is 7.72. The van der Waals surface area contributed by atoms with Crippen molar-refractivity contribution in [1.29, 1.82) is 0 Å². The standard InChI is InChI=1S/C31H30N2O8/c1-32-8-10-33(11-9-32)27(37)14-20(19-12-25(38-2)30-26(13-19)39-17-40-30)28-21(34)15-22(35)29-23(36)16-24(41-31(28)29)18-6-4-3-5-7-18/h3-7,12-13,15-16,20,34-35H,8-11,14,17H2,1-2H3. The van der Waals surface area contributed by atoms with E-state index in [9.17, 15) is 19.8 Å². The van der Waals surface area contributed by atoms with Gasteiger partial charge in [-0.1, -0.05) is 30.3 Å². The van der Waals surface area contributed by atoms with Crippen molar-refractivity contribution in [2.75, 3.05) is 47.1 Å². The fourth-order valence-corrected chi connectivity index (χ4v) is 5.50. The molecule has 1 unspecified atom stereocenters. The number of aromatic hydroxyl groups is 2. The van der Waals surface area contributed by atoms with Crippen molar-refractivity contribution in [3.8, 4) is 40.1 Å². The van der Waals surface area contributed by atoms with Crippen LogP contribution in [-0.2, 0) is 4.79 Å². The molecule has 6 rings (SSSR count). The van der Waals surface area contributed by atoms with Crippen LogP contribution in [-0.4, -0.2) is 73.0 Å². The number of methoxy groups -OCH3 is 1. The molecule has 1 amide bonds. The lowest BCUT2D eigenvalue weighted by Crippen LogP contribution is -2.47. The molecule has 0 aliphatic carbocycles. The number of amides is 1. The molecule has 1 atom stereocenters. The minimum absolute atomic E-state index is 0.00154. The first-order valence-corrected chi connectivity index (χ1v) is 13.4. The molecule has 1 saturated heterocycles. The summed E-state index contributed by atoms with van der Waals surface area (Å²) in [4.78, 5) is 31.0. The van der Waals surface area contributed by atoms with Gasteiger partial charge in [-0.05, 0) is 24.7 Å². The molecule has 0 saturated carbocycles. The lowest BCUT2D eigenvalue weighted by molar-refractivity contribution is -0.133. The molecule has 3 aromatic carbocycles. The number of carbonyl (C=O) groups is 1. The van der Waals surface area contributed by atoms with E-state index in [2.05, 4.69) is 4.90 Å². The molecule has 10 heteroatoms. The Balaban J connectivity index is 1.56. The zero-order valence-electron chi connectivity index (χ0n) is 22.8. The number of hydrogen-bond acceptors (Lipinski definition) is 9. The predicted octanol–water partition coefficient (Wildman–Crippen LogP) is 3.90. The molecule has 1 aromatic heterocycles. The van der Waals surface area contributed by atoms with Gasteiger partial charge in [-0.3, -0.25) is 9.59 Å². The Morgan fingerprint density at radius 2 is 1.76 bits per heavy atom. The summed E-state index contributed by atoms with van der Waals surface area (Å²) >= 11 is 0.